The van der Waals surface area contributed by atoms with Gasteiger partial charge < -0.3 is 24.4 Å². The normalized spacial score (nSPS) is 31.5. The molecule has 1 N–H and O–H groups in total. The van der Waals surface area contributed by atoms with Gasteiger partial charge in [-0.1, -0.05) is 0 Å². The highest BCUT2D eigenvalue weighted by atomic mass is 16.6. The van der Waals surface area contributed by atoms with Gasteiger partial charge in [-0.05, 0) is 6.42 Å². The van der Waals surface area contributed by atoms with Crippen molar-refractivity contribution < 1.29 is 14.2 Å². The monoisotopic (exact) mass is 312 g/mol. The molecule has 7 heteroatoms. The number of ether oxygens (including phenoxy) is 3. The third kappa shape index (κ3) is 4.10. The zero-order valence-corrected chi connectivity index (χ0v) is 13.5. The average molecular weight is 312 g/mol. The number of nitrogens with zero attached hydrogens (tertiary/aromatic N) is 3. The maximum absolute atomic E-state index is 5.67. The van der Waals surface area contributed by atoms with Gasteiger partial charge in [0.1, 0.15) is 0 Å². The zero-order chi connectivity index (χ0) is 15.2. The third-order valence-electron chi connectivity index (χ3n) is 4.61. The summed E-state index contributed by atoms with van der Waals surface area (Å²) in [6.07, 6.45) is 1.33. The van der Waals surface area contributed by atoms with Crippen LogP contribution >= 0.6 is 0 Å². The summed E-state index contributed by atoms with van der Waals surface area (Å²) in [5, 5.41) is 3.43. The van der Waals surface area contributed by atoms with Gasteiger partial charge in [-0.2, -0.15) is 0 Å². The number of rotatable bonds is 3. The van der Waals surface area contributed by atoms with Crippen LogP contribution < -0.4 is 5.32 Å². The lowest BCUT2D eigenvalue weighted by Gasteiger charge is -2.32. The minimum atomic E-state index is 0.128. The van der Waals surface area contributed by atoms with Gasteiger partial charge in [0, 0.05) is 45.8 Å². The second-order valence-electron chi connectivity index (χ2n) is 6.03. The molecule has 0 aliphatic carbocycles. The summed E-state index contributed by atoms with van der Waals surface area (Å²) >= 11 is 0. The summed E-state index contributed by atoms with van der Waals surface area (Å²) in [7, 11) is 1.85. The first-order valence-corrected chi connectivity index (χ1v) is 8.33. The number of hydrogen-bond acceptors (Lipinski definition) is 5. The molecule has 3 heterocycles. The van der Waals surface area contributed by atoms with Gasteiger partial charge in [-0.15, -0.1) is 0 Å². The number of likely N-dealkylation sites (tertiary alicyclic amines) is 1. The standard InChI is InChI=1S/C15H28N4O3/c1-16-15(17-10-14-12-21-8-9-22-14)19-3-2-13(11-19)18-4-6-20-7-5-18/h13-14H,2-12H2,1H3,(H,16,17). The number of aliphatic imine (C=N–C) groups is 1. The first kappa shape index (κ1) is 16.0. The molecule has 0 saturated carbocycles. The Hall–Kier alpha value is -0.890. The van der Waals surface area contributed by atoms with E-state index in [1.54, 1.807) is 0 Å². The molecule has 3 aliphatic rings. The predicted octanol–water partition coefficient (Wildman–Crippen LogP) is -0.616. The Morgan fingerprint density at radius 1 is 1.14 bits per heavy atom. The van der Waals surface area contributed by atoms with Crippen molar-refractivity contribution in [1.29, 1.82) is 0 Å². The van der Waals surface area contributed by atoms with E-state index in [-0.39, 0.29) is 6.10 Å². The Kier molecular flexibility index (Phi) is 5.89. The molecule has 22 heavy (non-hydrogen) atoms. The Bertz CT molecular complexity index is 368. The van der Waals surface area contributed by atoms with Crippen LogP contribution in [0, 0.1) is 0 Å². The van der Waals surface area contributed by atoms with Gasteiger partial charge in [0.2, 0.25) is 0 Å². The lowest BCUT2D eigenvalue weighted by molar-refractivity contribution is -0.0851. The highest BCUT2D eigenvalue weighted by Gasteiger charge is 2.30. The number of morpholine rings is 1. The highest BCUT2D eigenvalue weighted by Crippen LogP contribution is 2.17. The molecule has 0 bridgehead atoms. The second kappa shape index (κ2) is 8.10. The summed E-state index contributed by atoms with van der Waals surface area (Å²) < 4.78 is 16.5. The largest absolute Gasteiger partial charge is 0.379 e. The van der Waals surface area contributed by atoms with Crippen molar-refractivity contribution in [2.24, 2.45) is 4.99 Å². The molecule has 0 aromatic rings. The van der Waals surface area contributed by atoms with E-state index < -0.39 is 0 Å². The molecular weight excluding hydrogens is 284 g/mol. The third-order valence-corrected chi connectivity index (χ3v) is 4.61. The van der Waals surface area contributed by atoms with Crippen molar-refractivity contribution in [2.45, 2.75) is 18.6 Å². The molecule has 0 radical (unpaired) electrons. The van der Waals surface area contributed by atoms with Crippen LogP contribution in [0.5, 0.6) is 0 Å². The fourth-order valence-electron chi connectivity index (χ4n) is 3.37. The SMILES string of the molecule is CN=C(NCC1COCCO1)N1CCC(N2CCOCC2)C1. The summed E-state index contributed by atoms with van der Waals surface area (Å²) in [6.45, 7) is 8.75. The van der Waals surface area contributed by atoms with E-state index in [1.807, 2.05) is 7.05 Å². The van der Waals surface area contributed by atoms with Crippen LogP contribution in [0.15, 0.2) is 4.99 Å². The van der Waals surface area contributed by atoms with Crippen molar-refractivity contribution in [3.63, 3.8) is 0 Å². The van der Waals surface area contributed by atoms with Crippen LogP contribution in [0.4, 0.5) is 0 Å². The van der Waals surface area contributed by atoms with Crippen LogP contribution in [0.25, 0.3) is 0 Å². The van der Waals surface area contributed by atoms with Crippen LogP contribution in [-0.4, -0.2) is 101 Å². The van der Waals surface area contributed by atoms with Crippen molar-refractivity contribution in [2.75, 3.05) is 72.8 Å². The molecule has 0 spiro atoms. The minimum Gasteiger partial charge on any atom is -0.379 e. The molecule has 0 amide bonds. The number of hydrogen-bond donors (Lipinski definition) is 1. The first-order chi connectivity index (χ1) is 10.9. The van der Waals surface area contributed by atoms with Crippen LogP contribution in [0.2, 0.25) is 0 Å². The number of guanidine groups is 1. The number of nitrogens with one attached hydrogen (secondary N) is 1. The molecule has 126 valence electrons. The van der Waals surface area contributed by atoms with Gasteiger partial charge in [0.15, 0.2) is 5.96 Å². The zero-order valence-electron chi connectivity index (χ0n) is 13.5. The summed E-state index contributed by atoms with van der Waals surface area (Å²) in [4.78, 5) is 9.33. The van der Waals surface area contributed by atoms with Crippen molar-refractivity contribution in [1.82, 2.24) is 15.1 Å². The van der Waals surface area contributed by atoms with E-state index in [1.165, 1.54) is 6.42 Å². The Labute approximate surface area is 132 Å². The van der Waals surface area contributed by atoms with E-state index in [4.69, 9.17) is 14.2 Å². The molecular formula is C15H28N4O3. The van der Waals surface area contributed by atoms with Gasteiger partial charge >= 0.3 is 0 Å². The van der Waals surface area contributed by atoms with E-state index in [0.717, 1.165) is 51.9 Å². The molecule has 2 atom stereocenters. The van der Waals surface area contributed by atoms with E-state index >= 15 is 0 Å². The minimum absolute atomic E-state index is 0.128. The van der Waals surface area contributed by atoms with Crippen LogP contribution in [-0.2, 0) is 14.2 Å². The highest BCUT2D eigenvalue weighted by molar-refractivity contribution is 5.80. The van der Waals surface area contributed by atoms with Gasteiger partial charge in [-0.25, -0.2) is 0 Å². The summed E-state index contributed by atoms with van der Waals surface area (Å²) in [6, 6.07) is 0.622. The molecule has 0 aromatic heterocycles. The van der Waals surface area contributed by atoms with Gasteiger partial charge in [0.05, 0.1) is 39.1 Å². The molecule has 7 nitrogen and oxygen atoms in total. The second-order valence-corrected chi connectivity index (χ2v) is 6.03. The fraction of sp³-hybridized carbons (Fsp3) is 0.933. The van der Waals surface area contributed by atoms with Crippen LogP contribution in [0.1, 0.15) is 6.42 Å². The maximum Gasteiger partial charge on any atom is 0.193 e. The van der Waals surface area contributed by atoms with E-state index in [2.05, 4.69) is 20.1 Å². The lowest BCUT2D eigenvalue weighted by Crippen LogP contribution is -2.48. The molecule has 3 aliphatic heterocycles. The van der Waals surface area contributed by atoms with E-state index in [0.29, 0.717) is 25.9 Å². The lowest BCUT2D eigenvalue weighted by atomic mass is 10.2. The Morgan fingerprint density at radius 2 is 2.00 bits per heavy atom. The average Bonchev–Trinajstić information content (AvgIpc) is 3.07. The summed E-state index contributed by atoms with van der Waals surface area (Å²) in [5.74, 6) is 0.977. The molecule has 0 aromatic carbocycles. The smallest absolute Gasteiger partial charge is 0.193 e. The van der Waals surface area contributed by atoms with Crippen molar-refractivity contribution in [3.05, 3.63) is 0 Å². The van der Waals surface area contributed by atoms with Crippen molar-refractivity contribution in [3.8, 4) is 0 Å². The van der Waals surface area contributed by atoms with Crippen LogP contribution in [0.3, 0.4) is 0 Å². The fourth-order valence-corrected chi connectivity index (χ4v) is 3.37. The quantitative estimate of drug-likeness (QED) is 0.554. The maximum atomic E-state index is 5.67. The summed E-state index contributed by atoms with van der Waals surface area (Å²) in [5.41, 5.74) is 0. The van der Waals surface area contributed by atoms with Crippen molar-refractivity contribution >= 4 is 5.96 Å². The van der Waals surface area contributed by atoms with E-state index in [9.17, 15) is 0 Å². The predicted molar refractivity (Wildman–Crippen MR) is 84.3 cm³/mol. The Morgan fingerprint density at radius 3 is 2.73 bits per heavy atom. The molecule has 2 unspecified atom stereocenters. The molecule has 3 fully saturated rings. The Balaban J connectivity index is 1.45. The molecule has 3 rings (SSSR count). The van der Waals surface area contributed by atoms with Gasteiger partial charge in [-0.3, -0.25) is 9.89 Å². The first-order valence-electron chi connectivity index (χ1n) is 8.33. The van der Waals surface area contributed by atoms with Gasteiger partial charge in [0.25, 0.3) is 0 Å². The topological polar surface area (TPSA) is 58.6 Å². The molecule has 3 saturated heterocycles.